The highest BCUT2D eigenvalue weighted by Crippen LogP contribution is 2.65. The zero-order valence-electron chi connectivity index (χ0n) is 23.3. The van der Waals surface area contributed by atoms with Crippen LogP contribution in [0.2, 0.25) is 0 Å². The van der Waals surface area contributed by atoms with Crippen molar-refractivity contribution in [1.82, 2.24) is 0 Å². The van der Waals surface area contributed by atoms with Gasteiger partial charge in [0.05, 0.1) is 0 Å². The Morgan fingerprint density at radius 2 is 1.27 bits per heavy atom. The van der Waals surface area contributed by atoms with Gasteiger partial charge < -0.3 is 9.47 Å². The van der Waals surface area contributed by atoms with Crippen LogP contribution in [0.4, 0.5) is 61.5 Å². The summed E-state index contributed by atoms with van der Waals surface area (Å²) >= 11 is 0. The van der Waals surface area contributed by atoms with Gasteiger partial charge in [0.15, 0.2) is 0 Å². The topological polar surface area (TPSA) is 52.6 Å². The number of esters is 2. The predicted molar refractivity (Wildman–Crippen MR) is 123 cm³/mol. The highest BCUT2D eigenvalue weighted by atomic mass is 19.4. The number of ether oxygens (including phenoxy) is 2. The van der Waals surface area contributed by atoms with E-state index in [1.165, 1.54) is 0 Å². The molecule has 0 aromatic heterocycles. The Kier molecular flexibility index (Phi) is 8.22. The van der Waals surface area contributed by atoms with Crippen molar-refractivity contribution < 1.29 is 80.5 Å². The van der Waals surface area contributed by atoms with Gasteiger partial charge in [0.25, 0.3) is 0 Å². The molecule has 0 radical (unpaired) electrons. The van der Waals surface area contributed by atoms with Crippen molar-refractivity contribution in [2.45, 2.75) is 101 Å². The molecule has 4 aliphatic carbocycles. The fraction of sp³-hybridized carbons (Fsp3) is 0.778. The molecule has 6 atom stereocenters. The molecular formula is C27H26F14O4. The zero-order valence-corrected chi connectivity index (χ0v) is 23.3. The molecule has 0 bridgehead atoms. The Bertz CT molecular complexity index is 1280. The number of fused-ring (bicyclic) bond motifs is 5. The molecule has 0 aromatic carbocycles. The van der Waals surface area contributed by atoms with Crippen molar-refractivity contribution in [2.75, 3.05) is 0 Å². The lowest BCUT2D eigenvalue weighted by molar-refractivity contribution is -0.349. The van der Waals surface area contributed by atoms with Crippen LogP contribution in [0.25, 0.3) is 0 Å². The van der Waals surface area contributed by atoms with Gasteiger partial charge in [0.1, 0.15) is 11.9 Å². The van der Waals surface area contributed by atoms with E-state index in [9.17, 15) is 71.1 Å². The number of halogens is 14. The van der Waals surface area contributed by atoms with Crippen LogP contribution in [0, 0.1) is 28.6 Å². The van der Waals surface area contributed by atoms with Gasteiger partial charge in [-0.15, -0.1) is 0 Å². The lowest BCUT2D eigenvalue weighted by atomic mass is 9.48. The molecule has 4 rings (SSSR count). The number of rotatable bonds is 6. The lowest BCUT2D eigenvalue weighted by Crippen LogP contribution is -2.58. The number of allylic oxidation sites excluding steroid dienone is 4. The van der Waals surface area contributed by atoms with Crippen molar-refractivity contribution in [1.29, 1.82) is 0 Å². The Hall–Kier alpha value is -2.56. The summed E-state index contributed by atoms with van der Waals surface area (Å²) in [6.45, 7) is 3.31. The third-order valence-corrected chi connectivity index (χ3v) is 10.1. The number of hydrogen-bond acceptors (Lipinski definition) is 4. The third-order valence-electron chi connectivity index (χ3n) is 10.1. The molecule has 18 heteroatoms. The summed E-state index contributed by atoms with van der Waals surface area (Å²) in [6, 6.07) is 0. The number of carbonyl (C=O) groups is 2. The second-order valence-corrected chi connectivity index (χ2v) is 12.5. The van der Waals surface area contributed by atoms with Gasteiger partial charge in [-0.25, -0.2) is 9.59 Å². The molecule has 0 amide bonds. The maximum absolute atomic E-state index is 14.0. The number of alkyl halides is 14. The van der Waals surface area contributed by atoms with Crippen LogP contribution < -0.4 is 0 Å². The number of carbonyl (C=O) groups excluding carboxylic acids is 2. The molecule has 0 heterocycles. The molecular weight excluding hydrogens is 654 g/mol. The smallest absolute Gasteiger partial charge is 0.457 e. The number of hydrogen-bond donors (Lipinski definition) is 0. The minimum Gasteiger partial charge on any atom is -0.457 e. The molecule has 2 fully saturated rings. The molecule has 256 valence electrons. The first-order valence-corrected chi connectivity index (χ1v) is 13.7. The van der Waals surface area contributed by atoms with Crippen LogP contribution >= 0.6 is 0 Å². The summed E-state index contributed by atoms with van der Waals surface area (Å²) < 4.78 is 193. The van der Waals surface area contributed by atoms with Crippen LogP contribution in [-0.2, 0) is 19.1 Å². The molecule has 0 saturated heterocycles. The van der Waals surface area contributed by atoms with E-state index < -0.39 is 70.7 Å². The molecule has 2 saturated carbocycles. The molecule has 0 aliphatic heterocycles. The molecule has 6 unspecified atom stereocenters. The van der Waals surface area contributed by atoms with Gasteiger partial charge in [-0.2, -0.15) is 61.5 Å². The van der Waals surface area contributed by atoms with Crippen molar-refractivity contribution in [2.24, 2.45) is 28.6 Å². The first kappa shape index (κ1) is 35.3. The van der Waals surface area contributed by atoms with Crippen molar-refractivity contribution in [3.05, 3.63) is 23.5 Å². The quantitative estimate of drug-likeness (QED) is 0.209. The van der Waals surface area contributed by atoms with Gasteiger partial charge in [0.2, 0.25) is 0 Å². The second-order valence-electron chi connectivity index (χ2n) is 12.5. The maximum atomic E-state index is 14.0. The minimum absolute atomic E-state index is 0.0704. The van der Waals surface area contributed by atoms with E-state index in [1.54, 1.807) is 19.9 Å². The van der Waals surface area contributed by atoms with Gasteiger partial charge in [-0.1, -0.05) is 19.9 Å². The van der Waals surface area contributed by atoms with Crippen LogP contribution in [0.5, 0.6) is 0 Å². The summed E-state index contributed by atoms with van der Waals surface area (Å²) in [5.74, 6) is -33.3. The predicted octanol–water partition coefficient (Wildman–Crippen LogP) is 8.56. The zero-order chi connectivity index (χ0) is 34.4. The van der Waals surface area contributed by atoms with E-state index in [4.69, 9.17) is 0 Å². The molecule has 0 N–H and O–H groups in total. The first-order valence-electron chi connectivity index (χ1n) is 13.7. The Labute approximate surface area is 246 Å². The fourth-order valence-electron chi connectivity index (χ4n) is 7.52. The molecule has 4 nitrogen and oxygen atoms in total. The fourth-order valence-corrected chi connectivity index (χ4v) is 7.52. The molecule has 0 aromatic rings. The normalized spacial score (nSPS) is 32.9. The van der Waals surface area contributed by atoms with Crippen molar-refractivity contribution >= 4 is 11.9 Å². The average Bonchev–Trinajstić information content (AvgIpc) is 3.23. The van der Waals surface area contributed by atoms with Crippen LogP contribution in [0.3, 0.4) is 0 Å². The summed E-state index contributed by atoms with van der Waals surface area (Å²) in [4.78, 5) is 23.7. The van der Waals surface area contributed by atoms with E-state index in [2.05, 4.69) is 9.47 Å². The lowest BCUT2D eigenvalue weighted by Gasteiger charge is -2.56. The monoisotopic (exact) mass is 680 g/mol. The SMILES string of the molecule is CC12CCC(OC(=O)C(F)(F)C(F)(F)C(F)(F)F)=CC1=CCC1C2CCC2(C)C(OC(=O)C(F)(F)C(F)(F)C(F)(F)F)CCC12. The highest BCUT2D eigenvalue weighted by Gasteiger charge is 2.78. The average molecular weight is 680 g/mol. The molecule has 0 spiro atoms. The van der Waals surface area contributed by atoms with Gasteiger partial charge >= 0.3 is 48.0 Å². The van der Waals surface area contributed by atoms with Gasteiger partial charge in [-0.05, 0) is 73.3 Å². The first-order chi connectivity index (χ1) is 20.2. The standard InChI is InChI=1S/C27H26F14O4/c1-20-9-7-13(44-18(42)22(28,29)24(32,33)26(36,37)38)11-12(20)3-4-14-15-5-6-17(21(15,2)10-8-16(14)20)45-19(43)23(30,31)25(34,35)27(39,40)41/h3,11,14-17H,4-10H2,1-2H3. The van der Waals surface area contributed by atoms with Crippen molar-refractivity contribution in [3.63, 3.8) is 0 Å². The largest absolute Gasteiger partial charge is 0.460 e. The minimum atomic E-state index is -6.74. The van der Waals surface area contributed by atoms with Crippen LogP contribution in [0.15, 0.2) is 23.5 Å². The van der Waals surface area contributed by atoms with Crippen molar-refractivity contribution in [3.8, 4) is 0 Å². The van der Waals surface area contributed by atoms with E-state index in [0.29, 0.717) is 12.0 Å². The van der Waals surface area contributed by atoms with E-state index >= 15 is 0 Å². The Morgan fingerprint density at radius 1 is 0.733 bits per heavy atom. The van der Waals surface area contributed by atoms with Gasteiger partial charge in [0, 0.05) is 11.8 Å². The van der Waals surface area contributed by atoms with E-state index in [-0.39, 0.29) is 56.3 Å². The van der Waals surface area contributed by atoms with E-state index in [1.807, 2.05) is 0 Å². The van der Waals surface area contributed by atoms with Crippen LogP contribution in [0.1, 0.15) is 58.8 Å². The summed E-state index contributed by atoms with van der Waals surface area (Å²) in [5, 5.41) is 0. The molecule has 4 aliphatic rings. The summed E-state index contributed by atoms with van der Waals surface area (Å²) in [7, 11) is 0. The second kappa shape index (κ2) is 10.5. The summed E-state index contributed by atoms with van der Waals surface area (Å²) in [5.41, 5.74) is -1.43. The Balaban J connectivity index is 1.51. The van der Waals surface area contributed by atoms with E-state index in [0.717, 1.165) is 6.08 Å². The Morgan fingerprint density at radius 3 is 1.80 bits per heavy atom. The third kappa shape index (κ3) is 5.19. The van der Waals surface area contributed by atoms with Crippen LogP contribution in [-0.4, -0.2) is 54.1 Å². The highest BCUT2D eigenvalue weighted by molar-refractivity contribution is 5.80. The van der Waals surface area contributed by atoms with Gasteiger partial charge in [-0.3, -0.25) is 0 Å². The summed E-state index contributed by atoms with van der Waals surface area (Å²) in [6.07, 6.45) is -11.6. The molecule has 45 heavy (non-hydrogen) atoms. The maximum Gasteiger partial charge on any atom is 0.460 e.